The lowest BCUT2D eigenvalue weighted by molar-refractivity contribution is 0.656. The molecule has 4 rings (SSSR count). The smallest absolute Gasteiger partial charge is 0.233 e. The van der Waals surface area contributed by atoms with E-state index in [1.54, 1.807) is 18.0 Å². The second-order valence-electron chi connectivity index (χ2n) is 5.52. The van der Waals surface area contributed by atoms with E-state index in [1.165, 1.54) is 5.56 Å². The summed E-state index contributed by atoms with van der Waals surface area (Å²) in [6, 6.07) is 12.8. The van der Waals surface area contributed by atoms with E-state index in [2.05, 4.69) is 44.5 Å². The van der Waals surface area contributed by atoms with Crippen LogP contribution in [-0.2, 0) is 12.2 Å². The molecule has 1 N–H and O–H groups in total. The highest BCUT2D eigenvalue weighted by molar-refractivity contribution is 8.13. The van der Waals surface area contributed by atoms with Crippen LogP contribution in [0, 0.1) is 0 Å². The number of hydrogen-bond acceptors (Lipinski definition) is 5. The highest BCUT2D eigenvalue weighted by atomic mass is 35.5. The number of amidine groups is 1. The van der Waals surface area contributed by atoms with E-state index >= 15 is 0 Å². The van der Waals surface area contributed by atoms with Crippen molar-refractivity contribution in [1.29, 1.82) is 0 Å². The topological polar surface area (TPSA) is 54.6 Å². The third-order valence-corrected chi connectivity index (χ3v) is 4.71. The van der Waals surface area contributed by atoms with Crippen LogP contribution in [0.4, 0.5) is 0 Å². The van der Waals surface area contributed by atoms with Gasteiger partial charge in [-0.05, 0) is 18.1 Å². The predicted molar refractivity (Wildman–Crippen MR) is 101 cm³/mol. The average molecular weight is 360 g/mol. The number of imidazole rings is 1. The second kappa shape index (κ2) is 7.68. The molecule has 1 aromatic carbocycles. The number of aromatic nitrogens is 3. The standard InChI is InChI=1S/C17H17N5S.ClH/c1-2-5-13(6-3-1)9-14-10-19-17(21-14)23-12-15-11-22-8-4-7-18-16(22)20-15;/h1-8,11,14H,9-10,12H2,(H,19,21);1H. The summed E-state index contributed by atoms with van der Waals surface area (Å²) in [4.78, 5) is 13.3. The summed E-state index contributed by atoms with van der Waals surface area (Å²) in [6.45, 7) is 0.837. The van der Waals surface area contributed by atoms with Crippen LogP contribution in [0.5, 0.6) is 0 Å². The summed E-state index contributed by atoms with van der Waals surface area (Å²) in [6.07, 6.45) is 6.75. The van der Waals surface area contributed by atoms with Crippen LogP contribution in [0.15, 0.2) is 60.0 Å². The molecule has 0 aliphatic carbocycles. The first-order valence-electron chi connectivity index (χ1n) is 7.63. The van der Waals surface area contributed by atoms with E-state index in [0.29, 0.717) is 6.04 Å². The van der Waals surface area contributed by atoms with Gasteiger partial charge in [0.05, 0.1) is 18.3 Å². The van der Waals surface area contributed by atoms with E-state index in [0.717, 1.165) is 35.4 Å². The van der Waals surface area contributed by atoms with Crippen LogP contribution in [-0.4, -0.2) is 32.1 Å². The minimum Gasteiger partial charge on any atom is -0.360 e. The van der Waals surface area contributed by atoms with Crippen molar-refractivity contribution < 1.29 is 0 Å². The van der Waals surface area contributed by atoms with Gasteiger partial charge in [0.1, 0.15) is 0 Å². The third kappa shape index (κ3) is 3.88. The van der Waals surface area contributed by atoms with Crippen molar-refractivity contribution in [3.8, 4) is 0 Å². The number of halogens is 1. The molecule has 0 radical (unpaired) electrons. The number of rotatable bonds is 4. The number of hydrogen-bond donors (Lipinski definition) is 1. The zero-order valence-electron chi connectivity index (χ0n) is 13.0. The van der Waals surface area contributed by atoms with Gasteiger partial charge in [-0.3, -0.25) is 9.39 Å². The summed E-state index contributed by atoms with van der Waals surface area (Å²) >= 11 is 1.70. The molecule has 1 atom stereocenters. The van der Waals surface area contributed by atoms with Gasteiger partial charge in [-0.2, -0.15) is 0 Å². The zero-order valence-corrected chi connectivity index (χ0v) is 14.6. The van der Waals surface area contributed by atoms with E-state index in [1.807, 2.05) is 28.9 Å². The third-order valence-electron chi connectivity index (χ3n) is 3.75. The Hall–Kier alpha value is -2.05. The van der Waals surface area contributed by atoms with Gasteiger partial charge in [-0.25, -0.2) is 9.97 Å². The average Bonchev–Trinajstić information content (AvgIpc) is 3.20. The summed E-state index contributed by atoms with van der Waals surface area (Å²) in [5.74, 6) is 1.54. The first kappa shape index (κ1) is 16.8. The molecule has 2 aromatic heterocycles. The molecule has 5 nitrogen and oxygen atoms in total. The van der Waals surface area contributed by atoms with E-state index in [4.69, 9.17) is 0 Å². The lowest BCUT2D eigenvalue weighted by atomic mass is 10.1. The number of aliphatic imine (C=N–C) groups is 1. The molecule has 7 heteroatoms. The van der Waals surface area contributed by atoms with E-state index in [9.17, 15) is 0 Å². The zero-order chi connectivity index (χ0) is 15.5. The fraction of sp³-hybridized carbons (Fsp3) is 0.235. The Morgan fingerprint density at radius 2 is 2.08 bits per heavy atom. The molecule has 24 heavy (non-hydrogen) atoms. The van der Waals surface area contributed by atoms with Crippen LogP contribution >= 0.6 is 24.2 Å². The van der Waals surface area contributed by atoms with Crippen molar-refractivity contribution in [3.05, 3.63) is 66.2 Å². The molecule has 3 heterocycles. The Bertz CT molecular complexity index is 800. The fourth-order valence-electron chi connectivity index (χ4n) is 2.65. The van der Waals surface area contributed by atoms with Crippen molar-refractivity contribution >= 4 is 35.1 Å². The highest BCUT2D eigenvalue weighted by Crippen LogP contribution is 2.17. The number of nitrogens with one attached hydrogen (secondary N) is 1. The minimum absolute atomic E-state index is 0. The van der Waals surface area contributed by atoms with Crippen molar-refractivity contribution in [2.24, 2.45) is 4.99 Å². The number of benzene rings is 1. The summed E-state index contributed by atoms with van der Waals surface area (Å²) < 4.78 is 1.94. The van der Waals surface area contributed by atoms with Crippen LogP contribution in [0.3, 0.4) is 0 Å². The quantitative estimate of drug-likeness (QED) is 0.778. The summed E-state index contributed by atoms with van der Waals surface area (Å²) in [5.41, 5.74) is 2.36. The van der Waals surface area contributed by atoms with Gasteiger partial charge in [0.15, 0.2) is 5.17 Å². The molecular formula is C17H18ClN5S. The molecule has 0 spiro atoms. The maximum atomic E-state index is 4.60. The highest BCUT2D eigenvalue weighted by Gasteiger charge is 2.18. The molecule has 1 aliphatic rings. The van der Waals surface area contributed by atoms with Crippen molar-refractivity contribution in [3.63, 3.8) is 0 Å². The van der Waals surface area contributed by atoms with E-state index in [-0.39, 0.29) is 12.4 Å². The van der Waals surface area contributed by atoms with Gasteiger partial charge in [-0.15, -0.1) is 12.4 Å². The molecule has 124 valence electrons. The largest absolute Gasteiger partial charge is 0.360 e. The molecule has 1 unspecified atom stereocenters. The lowest BCUT2D eigenvalue weighted by Gasteiger charge is -2.11. The predicted octanol–water partition coefficient (Wildman–Crippen LogP) is 2.95. The lowest BCUT2D eigenvalue weighted by Crippen LogP contribution is -2.30. The van der Waals surface area contributed by atoms with Gasteiger partial charge < -0.3 is 5.32 Å². The SMILES string of the molecule is Cl.c1ccc(CC2CN=C(SCc3cn4cccnc4n3)N2)cc1. The molecule has 0 saturated heterocycles. The van der Waals surface area contributed by atoms with E-state index < -0.39 is 0 Å². The fourth-order valence-corrected chi connectivity index (χ4v) is 3.49. The van der Waals surface area contributed by atoms with Crippen LogP contribution in [0.25, 0.3) is 5.78 Å². The summed E-state index contributed by atoms with van der Waals surface area (Å²) in [7, 11) is 0. The van der Waals surface area contributed by atoms with Gasteiger partial charge in [0, 0.05) is 24.3 Å². The van der Waals surface area contributed by atoms with Crippen molar-refractivity contribution in [2.75, 3.05) is 6.54 Å². The number of fused-ring (bicyclic) bond motifs is 1. The normalized spacial score (nSPS) is 16.5. The monoisotopic (exact) mass is 359 g/mol. The first-order valence-corrected chi connectivity index (χ1v) is 8.62. The Labute approximate surface area is 151 Å². The van der Waals surface area contributed by atoms with Gasteiger partial charge in [-0.1, -0.05) is 42.1 Å². The second-order valence-corrected chi connectivity index (χ2v) is 6.49. The summed E-state index contributed by atoms with van der Waals surface area (Å²) in [5, 5.41) is 4.52. The van der Waals surface area contributed by atoms with Gasteiger partial charge in [0.25, 0.3) is 0 Å². The molecular weight excluding hydrogens is 342 g/mol. The van der Waals surface area contributed by atoms with Gasteiger partial charge >= 0.3 is 0 Å². The molecule has 0 bridgehead atoms. The minimum atomic E-state index is 0. The molecule has 0 fully saturated rings. The Morgan fingerprint density at radius 3 is 2.92 bits per heavy atom. The maximum absolute atomic E-state index is 4.60. The van der Waals surface area contributed by atoms with Crippen LogP contribution < -0.4 is 5.32 Å². The molecule has 3 aromatic rings. The Balaban J connectivity index is 0.00000169. The van der Waals surface area contributed by atoms with Gasteiger partial charge in [0.2, 0.25) is 5.78 Å². The van der Waals surface area contributed by atoms with Crippen molar-refractivity contribution in [1.82, 2.24) is 19.7 Å². The van der Waals surface area contributed by atoms with Crippen LogP contribution in [0.2, 0.25) is 0 Å². The molecule has 0 amide bonds. The first-order chi connectivity index (χ1) is 11.4. The Kier molecular flexibility index (Phi) is 5.37. The Morgan fingerprint density at radius 1 is 1.21 bits per heavy atom. The number of thioether (sulfide) groups is 1. The number of nitrogens with zero attached hydrogens (tertiary/aromatic N) is 4. The molecule has 1 aliphatic heterocycles. The van der Waals surface area contributed by atoms with Crippen LogP contribution in [0.1, 0.15) is 11.3 Å². The molecule has 0 saturated carbocycles. The van der Waals surface area contributed by atoms with Crippen molar-refractivity contribution in [2.45, 2.75) is 18.2 Å². The maximum Gasteiger partial charge on any atom is 0.233 e.